The number of imidazole rings is 1. The van der Waals surface area contributed by atoms with Crippen LogP contribution in [0.2, 0.25) is 0 Å². The van der Waals surface area contributed by atoms with E-state index in [0.29, 0.717) is 19.5 Å². The topological polar surface area (TPSA) is 59.0 Å². The highest BCUT2D eigenvalue weighted by atomic mass is 35.5. The van der Waals surface area contributed by atoms with E-state index in [9.17, 15) is 9.18 Å². The highest BCUT2D eigenvalue weighted by molar-refractivity contribution is 5.85. The highest BCUT2D eigenvalue weighted by Crippen LogP contribution is 2.27. The summed E-state index contributed by atoms with van der Waals surface area (Å²) in [6.07, 6.45) is 3.19. The van der Waals surface area contributed by atoms with Crippen molar-refractivity contribution in [2.75, 3.05) is 19.6 Å². The van der Waals surface area contributed by atoms with Gasteiger partial charge in [-0.3, -0.25) is 4.79 Å². The van der Waals surface area contributed by atoms with Crippen LogP contribution in [0.1, 0.15) is 18.7 Å². The molecule has 134 valence electrons. The summed E-state index contributed by atoms with van der Waals surface area (Å²) in [5.41, 5.74) is 1.55. The Morgan fingerprint density at radius 3 is 2.83 bits per heavy atom. The SMILES string of the molecule is Cl.Cl.Cn1c(CCNC(=O)CNCC2CC2)nc2ccc(F)cc21. The van der Waals surface area contributed by atoms with Crippen molar-refractivity contribution in [1.82, 2.24) is 20.2 Å². The van der Waals surface area contributed by atoms with Gasteiger partial charge in [-0.05, 0) is 43.5 Å². The molecule has 0 atom stereocenters. The Morgan fingerprint density at radius 1 is 1.38 bits per heavy atom. The van der Waals surface area contributed by atoms with E-state index < -0.39 is 0 Å². The molecule has 1 saturated carbocycles. The molecule has 0 spiro atoms. The summed E-state index contributed by atoms with van der Waals surface area (Å²) in [4.78, 5) is 16.2. The van der Waals surface area contributed by atoms with Crippen LogP contribution in [0.15, 0.2) is 18.2 Å². The molecule has 1 aliphatic carbocycles. The number of aryl methyl sites for hydroxylation is 1. The molecule has 24 heavy (non-hydrogen) atoms. The first-order valence-electron chi connectivity index (χ1n) is 7.72. The van der Waals surface area contributed by atoms with Crippen molar-refractivity contribution < 1.29 is 9.18 Å². The molecule has 0 aliphatic heterocycles. The maximum absolute atomic E-state index is 13.3. The van der Waals surface area contributed by atoms with Gasteiger partial charge < -0.3 is 15.2 Å². The summed E-state index contributed by atoms with van der Waals surface area (Å²) in [6, 6.07) is 4.56. The minimum absolute atomic E-state index is 0. The van der Waals surface area contributed by atoms with Crippen LogP contribution in [0.4, 0.5) is 4.39 Å². The van der Waals surface area contributed by atoms with Crippen LogP contribution in [0, 0.1) is 11.7 Å². The number of carbonyl (C=O) groups excluding carboxylic acids is 1. The molecule has 1 heterocycles. The zero-order valence-corrected chi connectivity index (χ0v) is 15.2. The number of nitrogens with zero attached hydrogens (tertiary/aromatic N) is 2. The van der Waals surface area contributed by atoms with E-state index in [-0.39, 0.29) is 36.5 Å². The smallest absolute Gasteiger partial charge is 0.233 e. The number of amides is 1. The van der Waals surface area contributed by atoms with Crippen LogP contribution in [-0.4, -0.2) is 35.1 Å². The number of aromatic nitrogens is 2. The summed E-state index contributed by atoms with van der Waals surface area (Å²) in [5.74, 6) is 1.35. The van der Waals surface area contributed by atoms with Crippen LogP contribution < -0.4 is 10.6 Å². The lowest BCUT2D eigenvalue weighted by atomic mass is 10.3. The number of hydrogen-bond acceptors (Lipinski definition) is 3. The van der Waals surface area contributed by atoms with Gasteiger partial charge in [0.05, 0.1) is 17.6 Å². The molecule has 1 amide bonds. The van der Waals surface area contributed by atoms with E-state index in [4.69, 9.17) is 0 Å². The number of carbonyl (C=O) groups is 1. The molecule has 0 bridgehead atoms. The van der Waals surface area contributed by atoms with Gasteiger partial charge in [0.1, 0.15) is 11.6 Å². The normalized spacial score (nSPS) is 13.2. The van der Waals surface area contributed by atoms with Crippen molar-refractivity contribution in [2.24, 2.45) is 13.0 Å². The first-order valence-corrected chi connectivity index (χ1v) is 7.72. The molecular weight excluding hydrogens is 354 g/mol. The molecule has 2 N–H and O–H groups in total. The number of halogens is 3. The number of fused-ring (bicyclic) bond motifs is 1. The number of benzene rings is 1. The molecule has 1 fully saturated rings. The Kier molecular flexibility index (Phi) is 7.93. The van der Waals surface area contributed by atoms with Crippen LogP contribution in [-0.2, 0) is 18.3 Å². The van der Waals surface area contributed by atoms with Crippen molar-refractivity contribution in [3.05, 3.63) is 29.8 Å². The van der Waals surface area contributed by atoms with Gasteiger partial charge in [0.2, 0.25) is 5.91 Å². The summed E-state index contributed by atoms with van der Waals surface area (Å²) < 4.78 is 15.1. The largest absolute Gasteiger partial charge is 0.355 e. The molecule has 0 saturated heterocycles. The molecule has 8 heteroatoms. The fourth-order valence-electron chi connectivity index (χ4n) is 2.52. The van der Waals surface area contributed by atoms with Crippen molar-refractivity contribution in [2.45, 2.75) is 19.3 Å². The van der Waals surface area contributed by atoms with Crippen molar-refractivity contribution >= 4 is 41.8 Å². The second-order valence-corrected chi connectivity index (χ2v) is 5.89. The third-order valence-electron chi connectivity index (χ3n) is 4.02. The maximum atomic E-state index is 13.3. The van der Waals surface area contributed by atoms with Gasteiger partial charge in [-0.15, -0.1) is 24.8 Å². The summed E-state index contributed by atoms with van der Waals surface area (Å²) in [5, 5.41) is 6.04. The molecule has 1 aromatic heterocycles. The Morgan fingerprint density at radius 2 is 2.12 bits per heavy atom. The number of hydrogen-bond donors (Lipinski definition) is 2. The van der Waals surface area contributed by atoms with E-state index in [1.165, 1.54) is 25.0 Å². The second kappa shape index (κ2) is 9.20. The van der Waals surface area contributed by atoms with Crippen LogP contribution >= 0.6 is 24.8 Å². The maximum Gasteiger partial charge on any atom is 0.233 e. The van der Waals surface area contributed by atoms with E-state index in [0.717, 1.165) is 29.3 Å². The molecule has 0 radical (unpaired) electrons. The van der Waals surface area contributed by atoms with Gasteiger partial charge in [-0.2, -0.15) is 0 Å². The van der Waals surface area contributed by atoms with E-state index in [1.807, 2.05) is 11.6 Å². The van der Waals surface area contributed by atoms with Gasteiger partial charge in [0, 0.05) is 20.0 Å². The molecule has 1 aliphatic rings. The summed E-state index contributed by atoms with van der Waals surface area (Å²) in [6.45, 7) is 1.83. The lowest BCUT2D eigenvalue weighted by Gasteiger charge is -2.06. The predicted molar refractivity (Wildman–Crippen MR) is 97.5 cm³/mol. The quantitative estimate of drug-likeness (QED) is 0.778. The van der Waals surface area contributed by atoms with Gasteiger partial charge in [-0.1, -0.05) is 0 Å². The first kappa shape index (κ1) is 20.7. The van der Waals surface area contributed by atoms with Crippen molar-refractivity contribution in [3.8, 4) is 0 Å². The highest BCUT2D eigenvalue weighted by Gasteiger charge is 2.20. The van der Waals surface area contributed by atoms with E-state index in [2.05, 4.69) is 15.6 Å². The Labute approximate surface area is 153 Å². The molecule has 2 aromatic rings. The second-order valence-electron chi connectivity index (χ2n) is 5.89. The van der Waals surface area contributed by atoms with E-state index >= 15 is 0 Å². The van der Waals surface area contributed by atoms with Gasteiger partial charge in [-0.25, -0.2) is 9.37 Å². The molecule has 1 aromatic carbocycles. The third kappa shape index (κ3) is 5.33. The van der Waals surface area contributed by atoms with Gasteiger partial charge in [0.15, 0.2) is 0 Å². The molecule has 3 rings (SSSR count). The first-order chi connectivity index (χ1) is 10.6. The fraction of sp³-hybridized carbons (Fsp3) is 0.500. The van der Waals surface area contributed by atoms with Gasteiger partial charge >= 0.3 is 0 Å². The standard InChI is InChI=1S/C16H21FN4O.2ClH/c1-21-14-8-12(17)4-5-13(14)20-15(21)6-7-19-16(22)10-18-9-11-2-3-11;;/h4-5,8,11,18H,2-3,6-7,9-10H2,1H3,(H,19,22);2*1H. The van der Waals surface area contributed by atoms with Crippen LogP contribution in [0.3, 0.4) is 0 Å². The minimum Gasteiger partial charge on any atom is -0.355 e. The Balaban J connectivity index is 0.00000144. The van der Waals surface area contributed by atoms with Gasteiger partial charge in [0.25, 0.3) is 0 Å². The number of rotatable bonds is 7. The van der Waals surface area contributed by atoms with Crippen LogP contribution in [0.25, 0.3) is 11.0 Å². The summed E-state index contributed by atoms with van der Waals surface area (Å²) in [7, 11) is 1.86. The molecule has 5 nitrogen and oxygen atoms in total. The van der Waals surface area contributed by atoms with Crippen molar-refractivity contribution in [3.63, 3.8) is 0 Å². The molecular formula is C16H23Cl2FN4O. The summed E-state index contributed by atoms with van der Waals surface area (Å²) >= 11 is 0. The third-order valence-corrected chi connectivity index (χ3v) is 4.02. The minimum atomic E-state index is -0.267. The Bertz CT molecular complexity index is 688. The lowest BCUT2D eigenvalue weighted by Crippen LogP contribution is -2.35. The predicted octanol–water partition coefficient (Wildman–Crippen LogP) is 2.21. The number of nitrogens with one attached hydrogen (secondary N) is 2. The van der Waals surface area contributed by atoms with E-state index in [1.54, 1.807) is 6.07 Å². The van der Waals surface area contributed by atoms with Crippen LogP contribution in [0.5, 0.6) is 0 Å². The fourth-order valence-corrected chi connectivity index (χ4v) is 2.52. The average molecular weight is 377 g/mol. The zero-order chi connectivity index (χ0) is 15.5. The average Bonchev–Trinajstić information content (AvgIpc) is 3.26. The van der Waals surface area contributed by atoms with Crippen molar-refractivity contribution in [1.29, 1.82) is 0 Å². The monoisotopic (exact) mass is 376 g/mol. The zero-order valence-electron chi connectivity index (χ0n) is 13.5. The lowest BCUT2D eigenvalue weighted by molar-refractivity contribution is -0.120. The Hall–Kier alpha value is -1.37. The molecule has 0 unspecified atom stereocenters.